The van der Waals surface area contributed by atoms with Gasteiger partial charge in [-0.25, -0.2) is 26.3 Å². The summed E-state index contributed by atoms with van der Waals surface area (Å²) in [5.41, 5.74) is 0. The third-order valence-electron chi connectivity index (χ3n) is 2.21. The van der Waals surface area contributed by atoms with Gasteiger partial charge < -0.3 is 0 Å². The van der Waals surface area contributed by atoms with Crippen LogP contribution in [0.2, 0.25) is 10.0 Å². The van der Waals surface area contributed by atoms with Gasteiger partial charge in [-0.1, -0.05) is 39.1 Å². The molecule has 1 aromatic rings. The molecule has 114 valence electrons. The van der Waals surface area contributed by atoms with Crippen molar-refractivity contribution in [3.63, 3.8) is 0 Å². The lowest BCUT2D eigenvalue weighted by Gasteiger charge is -2.10. The third-order valence-corrected chi connectivity index (χ3v) is 6.41. The molecule has 0 saturated heterocycles. The first-order valence-corrected chi connectivity index (χ1v) is 9.83. The zero-order valence-corrected chi connectivity index (χ0v) is 14.9. The van der Waals surface area contributed by atoms with Crippen molar-refractivity contribution >= 4 is 59.2 Å². The van der Waals surface area contributed by atoms with E-state index in [4.69, 9.17) is 23.2 Å². The highest BCUT2D eigenvalue weighted by Gasteiger charge is 2.22. The van der Waals surface area contributed by atoms with Crippen molar-refractivity contribution in [2.75, 3.05) is 19.3 Å². The molecule has 0 amide bonds. The Hall–Kier alpha value is 0.1000. The minimum atomic E-state index is -4.00. The topological polar surface area (TPSA) is 92.3 Å². The first-order chi connectivity index (χ1) is 9.09. The van der Waals surface area contributed by atoms with Crippen LogP contribution in [0, 0.1) is 0 Å². The lowest BCUT2D eigenvalue weighted by molar-refractivity contribution is 0.578. The third kappa shape index (κ3) is 4.83. The van der Waals surface area contributed by atoms with Crippen LogP contribution in [0.4, 0.5) is 0 Å². The van der Waals surface area contributed by atoms with Crippen molar-refractivity contribution in [2.45, 2.75) is 4.90 Å². The van der Waals surface area contributed by atoms with Gasteiger partial charge in [-0.15, -0.1) is 0 Å². The molecule has 6 nitrogen and oxygen atoms in total. The van der Waals surface area contributed by atoms with Gasteiger partial charge in [0.1, 0.15) is 4.90 Å². The van der Waals surface area contributed by atoms with Gasteiger partial charge in [0.05, 0.1) is 15.8 Å². The first kappa shape index (κ1) is 18.1. The van der Waals surface area contributed by atoms with Crippen molar-refractivity contribution in [3.8, 4) is 0 Å². The van der Waals surface area contributed by atoms with E-state index in [-0.39, 0.29) is 21.5 Å². The maximum absolute atomic E-state index is 12.0. The van der Waals surface area contributed by atoms with Crippen molar-refractivity contribution in [2.24, 2.45) is 0 Å². The maximum Gasteiger partial charge on any atom is 0.243 e. The zero-order valence-electron chi connectivity index (χ0n) is 10.2. The molecule has 0 bridgehead atoms. The van der Waals surface area contributed by atoms with Crippen molar-refractivity contribution in [1.82, 2.24) is 9.44 Å². The number of benzene rings is 1. The van der Waals surface area contributed by atoms with Crippen LogP contribution in [0.15, 0.2) is 21.5 Å². The fourth-order valence-electron chi connectivity index (χ4n) is 1.27. The molecule has 0 fully saturated rings. The highest BCUT2D eigenvalue weighted by atomic mass is 79.9. The number of sulfonamides is 2. The smallest absolute Gasteiger partial charge is 0.218 e. The van der Waals surface area contributed by atoms with Gasteiger partial charge in [0, 0.05) is 11.0 Å². The SMILES string of the molecule is CNS(=O)(=O)CCNS(=O)(=O)c1c(Cl)cc(Br)cc1Cl. The molecule has 0 spiro atoms. The number of halogens is 3. The second-order valence-electron chi connectivity index (χ2n) is 3.62. The Kier molecular flexibility index (Phi) is 6.27. The molecule has 11 heteroatoms. The zero-order chi connectivity index (χ0) is 15.6. The summed E-state index contributed by atoms with van der Waals surface area (Å²) >= 11 is 14.8. The Morgan fingerprint density at radius 3 is 2.10 bits per heavy atom. The Labute approximate surface area is 136 Å². The van der Waals surface area contributed by atoms with Crippen LogP contribution >= 0.6 is 39.1 Å². The second kappa shape index (κ2) is 6.91. The Balaban J connectivity index is 2.96. The largest absolute Gasteiger partial charge is 0.243 e. The van der Waals surface area contributed by atoms with E-state index in [1.807, 2.05) is 0 Å². The summed E-state index contributed by atoms with van der Waals surface area (Å²) in [6, 6.07) is 2.76. The van der Waals surface area contributed by atoms with Crippen LogP contribution < -0.4 is 9.44 Å². The Bertz CT molecular complexity index is 684. The molecule has 0 aliphatic carbocycles. The Morgan fingerprint density at radius 2 is 1.65 bits per heavy atom. The van der Waals surface area contributed by atoms with Crippen LogP contribution in [-0.2, 0) is 20.0 Å². The molecule has 0 aromatic heterocycles. The molecule has 0 aliphatic heterocycles. The molecule has 1 aromatic carbocycles. The van der Waals surface area contributed by atoms with E-state index in [9.17, 15) is 16.8 Å². The van der Waals surface area contributed by atoms with Gasteiger partial charge in [0.25, 0.3) is 0 Å². The summed E-state index contributed by atoms with van der Waals surface area (Å²) in [5.74, 6) is -0.394. The van der Waals surface area contributed by atoms with Crippen LogP contribution in [-0.4, -0.2) is 36.2 Å². The minimum absolute atomic E-state index is 0.0617. The highest BCUT2D eigenvalue weighted by molar-refractivity contribution is 9.10. The molecular weight excluding hydrogens is 415 g/mol. The van der Waals surface area contributed by atoms with E-state index in [2.05, 4.69) is 25.4 Å². The molecule has 0 unspecified atom stereocenters. The molecule has 1 rings (SSSR count). The normalized spacial score (nSPS) is 12.6. The van der Waals surface area contributed by atoms with Gasteiger partial charge in [0.15, 0.2) is 0 Å². The van der Waals surface area contributed by atoms with Gasteiger partial charge in [0.2, 0.25) is 20.0 Å². The highest BCUT2D eigenvalue weighted by Crippen LogP contribution is 2.32. The lowest BCUT2D eigenvalue weighted by Crippen LogP contribution is -2.33. The lowest BCUT2D eigenvalue weighted by atomic mass is 10.4. The first-order valence-electron chi connectivity index (χ1n) is 5.14. The van der Waals surface area contributed by atoms with E-state index in [1.165, 1.54) is 19.2 Å². The molecule has 2 N–H and O–H groups in total. The average molecular weight is 426 g/mol. The van der Waals surface area contributed by atoms with Gasteiger partial charge in [-0.2, -0.15) is 0 Å². The van der Waals surface area contributed by atoms with Crippen LogP contribution in [0.1, 0.15) is 0 Å². The predicted molar refractivity (Wildman–Crippen MR) is 82.2 cm³/mol. The molecule has 0 heterocycles. The summed E-state index contributed by atoms with van der Waals surface area (Å²) in [6.07, 6.45) is 0. The monoisotopic (exact) mass is 424 g/mol. The fraction of sp³-hybridized carbons (Fsp3) is 0.333. The molecule has 0 atom stereocenters. The van der Waals surface area contributed by atoms with Crippen LogP contribution in [0.3, 0.4) is 0 Å². The Morgan fingerprint density at radius 1 is 1.15 bits per heavy atom. The van der Waals surface area contributed by atoms with E-state index in [0.717, 1.165) is 0 Å². The molecule has 20 heavy (non-hydrogen) atoms. The summed E-state index contributed by atoms with van der Waals surface area (Å²) < 4.78 is 51.2. The van der Waals surface area contributed by atoms with Crippen LogP contribution in [0.25, 0.3) is 0 Å². The maximum atomic E-state index is 12.0. The van der Waals surface area contributed by atoms with Gasteiger partial charge >= 0.3 is 0 Å². The molecule has 0 aliphatic rings. The molecule has 0 radical (unpaired) electrons. The summed E-state index contributed by atoms with van der Waals surface area (Å²) in [4.78, 5) is -0.286. The van der Waals surface area contributed by atoms with E-state index in [1.54, 1.807) is 0 Å². The van der Waals surface area contributed by atoms with Crippen molar-refractivity contribution in [3.05, 3.63) is 26.7 Å². The minimum Gasteiger partial charge on any atom is -0.218 e. The number of nitrogens with one attached hydrogen (secondary N) is 2. The summed E-state index contributed by atoms with van der Waals surface area (Å²) in [7, 11) is -6.26. The quantitative estimate of drug-likeness (QED) is 0.723. The van der Waals surface area contributed by atoms with E-state index < -0.39 is 25.8 Å². The average Bonchev–Trinajstić information content (AvgIpc) is 2.26. The van der Waals surface area contributed by atoms with E-state index >= 15 is 0 Å². The number of rotatable bonds is 6. The number of hydrogen-bond donors (Lipinski definition) is 2. The van der Waals surface area contributed by atoms with Crippen molar-refractivity contribution in [1.29, 1.82) is 0 Å². The fourth-order valence-corrected chi connectivity index (χ4v) is 4.94. The second-order valence-corrected chi connectivity index (χ2v) is 9.10. The number of hydrogen-bond acceptors (Lipinski definition) is 4. The predicted octanol–water partition coefficient (Wildman–Crippen LogP) is 1.58. The molecular formula is C9H11BrCl2N2O4S2. The summed E-state index contributed by atoms with van der Waals surface area (Å²) in [5, 5.41) is -0.123. The molecule has 0 saturated carbocycles. The van der Waals surface area contributed by atoms with E-state index in [0.29, 0.717) is 4.47 Å². The standard InChI is InChI=1S/C9H11BrCl2N2O4S2/c1-13-19(15,16)3-2-14-20(17,18)9-7(11)4-6(10)5-8(9)12/h4-5,13-14H,2-3H2,1H3. The van der Waals surface area contributed by atoms with Gasteiger partial charge in [-0.05, 0) is 19.2 Å². The van der Waals surface area contributed by atoms with Gasteiger partial charge in [-0.3, -0.25) is 0 Å². The van der Waals surface area contributed by atoms with Crippen molar-refractivity contribution < 1.29 is 16.8 Å². The summed E-state index contributed by atoms with van der Waals surface area (Å²) in [6.45, 7) is -0.297. The van der Waals surface area contributed by atoms with Crippen LogP contribution in [0.5, 0.6) is 0 Å².